The van der Waals surface area contributed by atoms with Crippen molar-refractivity contribution in [1.29, 1.82) is 0 Å². The largest absolute Gasteiger partial charge is 0.387 e. The van der Waals surface area contributed by atoms with Gasteiger partial charge in [0, 0.05) is 30.4 Å². The van der Waals surface area contributed by atoms with Gasteiger partial charge in [-0.2, -0.15) is 5.10 Å². The zero-order chi connectivity index (χ0) is 21.8. The Labute approximate surface area is 169 Å². The van der Waals surface area contributed by atoms with E-state index in [-0.39, 0.29) is 17.9 Å². The number of nitrogens with one attached hydrogen (secondary N) is 1. The number of aliphatic hydroxyl groups is 1. The maximum atomic E-state index is 14.1. The number of hydrogen-bond donors (Lipinski definition) is 2. The number of amides is 1. The highest BCUT2D eigenvalue weighted by Gasteiger charge is 2.18. The van der Waals surface area contributed by atoms with Gasteiger partial charge in [-0.15, -0.1) is 0 Å². The van der Waals surface area contributed by atoms with Gasteiger partial charge in [0.2, 0.25) is 5.43 Å². The van der Waals surface area contributed by atoms with Gasteiger partial charge in [-0.05, 0) is 36.8 Å². The van der Waals surface area contributed by atoms with Crippen LogP contribution in [0.1, 0.15) is 27.8 Å². The second kappa shape index (κ2) is 8.62. The van der Waals surface area contributed by atoms with E-state index in [9.17, 15) is 29.2 Å². The summed E-state index contributed by atoms with van der Waals surface area (Å²) in [6.07, 6.45) is -1.16. The van der Waals surface area contributed by atoms with E-state index < -0.39 is 33.9 Å². The van der Waals surface area contributed by atoms with Crippen molar-refractivity contribution in [2.45, 2.75) is 13.0 Å². The molecular formula is C20H17FN4O5. The zero-order valence-corrected chi connectivity index (χ0v) is 15.8. The number of carbonyl (C=O) groups excluding carboxylic acids is 1. The van der Waals surface area contributed by atoms with E-state index in [0.717, 1.165) is 4.68 Å². The van der Waals surface area contributed by atoms with E-state index in [2.05, 4.69) is 10.4 Å². The van der Waals surface area contributed by atoms with Crippen molar-refractivity contribution < 1.29 is 19.2 Å². The average Bonchev–Trinajstić information content (AvgIpc) is 2.72. The Hall–Kier alpha value is -3.92. The lowest BCUT2D eigenvalue weighted by atomic mass is 10.1. The molecule has 0 saturated heterocycles. The summed E-state index contributed by atoms with van der Waals surface area (Å²) in [6, 6.07) is 12.1. The highest BCUT2D eigenvalue weighted by Crippen LogP contribution is 2.17. The molecular weight excluding hydrogens is 395 g/mol. The summed E-state index contributed by atoms with van der Waals surface area (Å²) in [5, 5.41) is 27.3. The Balaban J connectivity index is 1.78. The molecule has 0 fully saturated rings. The molecule has 0 aliphatic rings. The molecule has 1 atom stereocenters. The quantitative estimate of drug-likeness (QED) is 0.471. The molecule has 0 radical (unpaired) electrons. The van der Waals surface area contributed by atoms with Crippen LogP contribution in [-0.2, 0) is 0 Å². The first-order chi connectivity index (χ1) is 14.3. The molecule has 3 rings (SSSR count). The third-order valence-electron chi connectivity index (χ3n) is 4.35. The van der Waals surface area contributed by atoms with Gasteiger partial charge in [0.05, 0.1) is 11.0 Å². The number of aromatic nitrogens is 2. The number of nitro benzene ring substituents is 1. The Morgan fingerprint density at radius 2 is 1.93 bits per heavy atom. The number of benzene rings is 2. The number of aliphatic hydroxyl groups excluding tert-OH is 1. The topological polar surface area (TPSA) is 127 Å². The van der Waals surface area contributed by atoms with Crippen LogP contribution in [0.25, 0.3) is 5.69 Å². The van der Waals surface area contributed by atoms with Crippen molar-refractivity contribution in [3.63, 3.8) is 0 Å². The summed E-state index contributed by atoms with van der Waals surface area (Å²) in [6.45, 7) is 1.30. The minimum atomic E-state index is -1.16. The molecule has 3 aromatic rings. The monoisotopic (exact) mass is 412 g/mol. The van der Waals surface area contributed by atoms with Crippen LogP contribution >= 0.6 is 0 Å². The van der Waals surface area contributed by atoms with Gasteiger partial charge >= 0.3 is 0 Å². The smallest absolute Gasteiger partial charge is 0.275 e. The van der Waals surface area contributed by atoms with Crippen LogP contribution in [-0.4, -0.2) is 32.3 Å². The minimum absolute atomic E-state index is 0.0787. The Bertz CT molecular complexity index is 1160. The summed E-state index contributed by atoms with van der Waals surface area (Å²) >= 11 is 0. The minimum Gasteiger partial charge on any atom is -0.387 e. The fourth-order valence-corrected chi connectivity index (χ4v) is 2.78. The Morgan fingerprint density at radius 1 is 1.27 bits per heavy atom. The first-order valence-corrected chi connectivity index (χ1v) is 8.84. The van der Waals surface area contributed by atoms with Crippen LogP contribution in [0.5, 0.6) is 0 Å². The summed E-state index contributed by atoms with van der Waals surface area (Å²) in [4.78, 5) is 34.8. The number of carbonyl (C=O) groups is 1. The molecule has 2 aromatic carbocycles. The lowest BCUT2D eigenvalue weighted by Gasteiger charge is -2.14. The molecule has 1 heterocycles. The van der Waals surface area contributed by atoms with Crippen molar-refractivity contribution in [3.05, 3.63) is 97.7 Å². The molecule has 0 bridgehead atoms. The molecule has 2 N–H and O–H groups in total. The van der Waals surface area contributed by atoms with Gasteiger partial charge in [0.1, 0.15) is 11.5 Å². The van der Waals surface area contributed by atoms with Crippen LogP contribution in [0.3, 0.4) is 0 Å². The average molecular weight is 412 g/mol. The normalized spacial score (nSPS) is 11.7. The molecule has 0 aliphatic heterocycles. The molecule has 1 unspecified atom stereocenters. The molecule has 0 aliphatic carbocycles. The maximum absolute atomic E-state index is 14.1. The SMILES string of the molecule is Cc1cc(=O)c(C(=O)NCC(O)c2ccc([N+](=O)[O-])cc2)nn1-c1ccccc1F. The first-order valence-electron chi connectivity index (χ1n) is 8.84. The van der Waals surface area contributed by atoms with Crippen LogP contribution < -0.4 is 10.7 Å². The van der Waals surface area contributed by atoms with E-state index in [1.165, 1.54) is 48.5 Å². The number of para-hydroxylation sites is 1. The van der Waals surface area contributed by atoms with Gasteiger partial charge in [0.15, 0.2) is 5.69 Å². The van der Waals surface area contributed by atoms with E-state index >= 15 is 0 Å². The van der Waals surface area contributed by atoms with Crippen molar-refractivity contribution in [3.8, 4) is 5.69 Å². The first kappa shape index (κ1) is 20.8. The molecule has 1 aromatic heterocycles. The Kier molecular flexibility index (Phi) is 5.98. The number of nitro groups is 1. The van der Waals surface area contributed by atoms with E-state index in [1.807, 2.05) is 0 Å². The Morgan fingerprint density at radius 3 is 2.57 bits per heavy atom. The highest BCUT2D eigenvalue weighted by molar-refractivity contribution is 5.92. The summed E-state index contributed by atoms with van der Waals surface area (Å²) in [5.41, 5.74) is -0.473. The van der Waals surface area contributed by atoms with Crippen molar-refractivity contribution in [1.82, 2.24) is 15.1 Å². The number of nitrogens with zero attached hydrogens (tertiary/aromatic N) is 3. The van der Waals surface area contributed by atoms with Gasteiger partial charge in [-0.1, -0.05) is 12.1 Å². The van der Waals surface area contributed by atoms with E-state index in [0.29, 0.717) is 11.3 Å². The molecule has 1 amide bonds. The molecule has 30 heavy (non-hydrogen) atoms. The zero-order valence-electron chi connectivity index (χ0n) is 15.8. The lowest BCUT2D eigenvalue weighted by molar-refractivity contribution is -0.384. The summed E-state index contributed by atoms with van der Waals surface area (Å²) in [5.74, 6) is -1.41. The number of non-ortho nitro benzene ring substituents is 1. The maximum Gasteiger partial charge on any atom is 0.275 e. The van der Waals surface area contributed by atoms with Gasteiger partial charge in [-0.25, -0.2) is 9.07 Å². The van der Waals surface area contributed by atoms with Crippen molar-refractivity contribution in [2.75, 3.05) is 6.54 Å². The summed E-state index contributed by atoms with van der Waals surface area (Å²) in [7, 11) is 0. The number of hydrogen-bond acceptors (Lipinski definition) is 6. The van der Waals surface area contributed by atoms with Crippen molar-refractivity contribution >= 4 is 11.6 Å². The second-order valence-electron chi connectivity index (χ2n) is 6.44. The van der Waals surface area contributed by atoms with Crippen LogP contribution in [0.15, 0.2) is 59.4 Å². The van der Waals surface area contributed by atoms with E-state index in [1.54, 1.807) is 13.0 Å². The predicted octanol–water partition coefficient (Wildman–Crippen LogP) is 2.05. The van der Waals surface area contributed by atoms with Crippen LogP contribution in [0.4, 0.5) is 10.1 Å². The van der Waals surface area contributed by atoms with E-state index in [4.69, 9.17) is 0 Å². The van der Waals surface area contributed by atoms with Crippen LogP contribution in [0.2, 0.25) is 0 Å². The van der Waals surface area contributed by atoms with Gasteiger partial charge < -0.3 is 10.4 Å². The third-order valence-corrected chi connectivity index (χ3v) is 4.35. The third kappa shape index (κ3) is 4.39. The molecule has 154 valence electrons. The van der Waals surface area contributed by atoms with Crippen LogP contribution in [0, 0.1) is 22.9 Å². The van der Waals surface area contributed by atoms with Crippen molar-refractivity contribution in [2.24, 2.45) is 0 Å². The predicted molar refractivity (Wildman–Crippen MR) is 105 cm³/mol. The second-order valence-corrected chi connectivity index (χ2v) is 6.44. The number of aryl methyl sites for hydroxylation is 1. The highest BCUT2D eigenvalue weighted by atomic mass is 19.1. The fourth-order valence-electron chi connectivity index (χ4n) is 2.78. The number of halogens is 1. The standard InChI is InChI=1S/C20H17FN4O5/c1-12-10-17(26)19(23-24(12)16-5-3-2-4-15(16)21)20(28)22-11-18(27)13-6-8-14(9-7-13)25(29)30/h2-10,18,27H,11H2,1H3,(H,22,28). The molecule has 10 heteroatoms. The van der Waals surface area contributed by atoms with Gasteiger partial charge in [-0.3, -0.25) is 19.7 Å². The lowest BCUT2D eigenvalue weighted by Crippen LogP contribution is -2.34. The fraction of sp³-hybridized carbons (Fsp3) is 0.150. The molecule has 0 saturated carbocycles. The summed E-state index contributed by atoms with van der Waals surface area (Å²) < 4.78 is 15.2. The molecule has 0 spiro atoms. The number of rotatable bonds is 6. The van der Waals surface area contributed by atoms with Gasteiger partial charge in [0.25, 0.3) is 11.6 Å². The molecule has 9 nitrogen and oxygen atoms in total.